The summed E-state index contributed by atoms with van der Waals surface area (Å²) in [7, 11) is 4.92. The molecule has 0 spiro atoms. The highest BCUT2D eigenvalue weighted by molar-refractivity contribution is 5.62. The van der Waals surface area contributed by atoms with Crippen LogP contribution >= 0.6 is 0 Å². The standard InChI is InChI=1S/C22H30O4/c1-13(2)22(23,17-10-9-11-18(12-17)24-6)19-16(5)20(25-7)14(3)15(4)21(19)26-8/h9-13,23H,1-8H3. The van der Waals surface area contributed by atoms with Gasteiger partial charge in [-0.05, 0) is 55.5 Å². The third-order valence-corrected chi connectivity index (χ3v) is 5.32. The Morgan fingerprint density at radius 3 is 1.92 bits per heavy atom. The normalized spacial score (nSPS) is 13.5. The number of hydrogen-bond acceptors (Lipinski definition) is 4. The molecule has 0 aliphatic rings. The van der Waals surface area contributed by atoms with Crippen LogP contribution in [0.25, 0.3) is 0 Å². The highest BCUT2D eigenvalue weighted by Gasteiger charge is 2.41. The average molecular weight is 358 g/mol. The molecule has 0 aliphatic heterocycles. The van der Waals surface area contributed by atoms with Gasteiger partial charge in [0, 0.05) is 11.1 Å². The maximum absolute atomic E-state index is 12.0. The summed E-state index contributed by atoms with van der Waals surface area (Å²) in [6.07, 6.45) is 0. The quantitative estimate of drug-likeness (QED) is 0.824. The molecule has 142 valence electrons. The van der Waals surface area contributed by atoms with Crippen LogP contribution in [0.15, 0.2) is 24.3 Å². The minimum atomic E-state index is -1.25. The summed E-state index contributed by atoms with van der Waals surface area (Å²) in [5.74, 6) is 2.07. The van der Waals surface area contributed by atoms with E-state index in [0.29, 0.717) is 11.5 Å². The summed E-state index contributed by atoms with van der Waals surface area (Å²) in [5, 5.41) is 12.0. The number of methoxy groups -OCH3 is 3. The molecule has 0 heterocycles. The van der Waals surface area contributed by atoms with Crippen LogP contribution in [-0.2, 0) is 5.60 Å². The first kappa shape index (κ1) is 20.1. The second-order valence-corrected chi connectivity index (χ2v) is 6.97. The molecule has 4 heteroatoms. The van der Waals surface area contributed by atoms with Crippen LogP contribution in [0, 0.1) is 26.7 Å². The monoisotopic (exact) mass is 358 g/mol. The van der Waals surface area contributed by atoms with Gasteiger partial charge in [-0.1, -0.05) is 26.0 Å². The number of ether oxygens (including phenoxy) is 3. The lowest BCUT2D eigenvalue weighted by molar-refractivity contribution is 0.0283. The molecule has 0 radical (unpaired) electrons. The number of benzene rings is 2. The van der Waals surface area contributed by atoms with Crippen LogP contribution in [0.1, 0.15) is 41.7 Å². The van der Waals surface area contributed by atoms with Crippen molar-refractivity contribution in [1.82, 2.24) is 0 Å². The Kier molecular flexibility index (Phi) is 5.87. The zero-order valence-electron chi connectivity index (χ0n) is 17.1. The van der Waals surface area contributed by atoms with Gasteiger partial charge in [0.05, 0.1) is 21.3 Å². The lowest BCUT2D eigenvalue weighted by atomic mass is 9.74. The predicted molar refractivity (Wildman–Crippen MR) is 105 cm³/mol. The van der Waals surface area contributed by atoms with Gasteiger partial charge >= 0.3 is 0 Å². The SMILES string of the molecule is COc1cccc(C(O)(c2c(C)c(OC)c(C)c(C)c2OC)C(C)C)c1. The van der Waals surface area contributed by atoms with Gasteiger partial charge in [0.25, 0.3) is 0 Å². The Labute approximate surface area is 156 Å². The molecule has 2 aromatic rings. The number of rotatable bonds is 6. The van der Waals surface area contributed by atoms with Gasteiger partial charge in [-0.2, -0.15) is 0 Å². The molecule has 0 aliphatic carbocycles. The van der Waals surface area contributed by atoms with E-state index in [-0.39, 0.29) is 5.92 Å². The van der Waals surface area contributed by atoms with Crippen LogP contribution in [0.3, 0.4) is 0 Å². The van der Waals surface area contributed by atoms with Crippen molar-refractivity contribution in [3.05, 3.63) is 52.1 Å². The van der Waals surface area contributed by atoms with Crippen LogP contribution in [0.4, 0.5) is 0 Å². The van der Waals surface area contributed by atoms with Crippen LogP contribution in [-0.4, -0.2) is 26.4 Å². The zero-order chi connectivity index (χ0) is 19.6. The fourth-order valence-electron chi connectivity index (χ4n) is 3.74. The van der Waals surface area contributed by atoms with Gasteiger partial charge in [0.2, 0.25) is 0 Å². The molecule has 4 nitrogen and oxygen atoms in total. The summed E-state index contributed by atoms with van der Waals surface area (Å²) in [5.41, 5.74) is 3.11. The first-order valence-corrected chi connectivity index (χ1v) is 8.83. The van der Waals surface area contributed by atoms with E-state index in [2.05, 4.69) is 0 Å². The molecule has 0 fully saturated rings. The second-order valence-electron chi connectivity index (χ2n) is 6.97. The molecule has 1 unspecified atom stereocenters. The Morgan fingerprint density at radius 2 is 1.42 bits per heavy atom. The van der Waals surface area contributed by atoms with Crippen molar-refractivity contribution >= 4 is 0 Å². The maximum atomic E-state index is 12.0. The molecule has 1 atom stereocenters. The van der Waals surface area contributed by atoms with Crippen molar-refractivity contribution in [2.24, 2.45) is 5.92 Å². The van der Waals surface area contributed by atoms with Crippen molar-refractivity contribution in [1.29, 1.82) is 0 Å². The highest BCUT2D eigenvalue weighted by Crippen LogP contribution is 2.48. The predicted octanol–water partition coefficient (Wildman–Crippen LogP) is 4.53. The van der Waals surface area contributed by atoms with Gasteiger partial charge in [-0.3, -0.25) is 0 Å². The molecule has 26 heavy (non-hydrogen) atoms. The lowest BCUT2D eigenvalue weighted by Gasteiger charge is -2.37. The van der Waals surface area contributed by atoms with Crippen molar-refractivity contribution in [3.8, 4) is 17.2 Å². The first-order valence-electron chi connectivity index (χ1n) is 8.83. The van der Waals surface area contributed by atoms with E-state index in [4.69, 9.17) is 14.2 Å². The van der Waals surface area contributed by atoms with Gasteiger partial charge < -0.3 is 19.3 Å². The molecule has 2 rings (SSSR count). The minimum Gasteiger partial charge on any atom is -0.497 e. The van der Waals surface area contributed by atoms with Crippen LogP contribution in [0.5, 0.6) is 17.2 Å². The van der Waals surface area contributed by atoms with Crippen molar-refractivity contribution in [2.75, 3.05) is 21.3 Å². The van der Waals surface area contributed by atoms with Gasteiger partial charge in [-0.25, -0.2) is 0 Å². The first-order chi connectivity index (χ1) is 12.2. The molecule has 2 aromatic carbocycles. The highest BCUT2D eigenvalue weighted by atomic mass is 16.5. The molecule has 0 saturated carbocycles. The molecular formula is C22H30O4. The van der Waals surface area contributed by atoms with Crippen LogP contribution in [0.2, 0.25) is 0 Å². The molecule has 0 aromatic heterocycles. The largest absolute Gasteiger partial charge is 0.497 e. The Hall–Kier alpha value is -2.20. The average Bonchev–Trinajstić information content (AvgIpc) is 2.64. The second kappa shape index (κ2) is 7.58. The van der Waals surface area contributed by atoms with E-state index >= 15 is 0 Å². The molecule has 0 amide bonds. The van der Waals surface area contributed by atoms with Gasteiger partial charge in [0.15, 0.2) is 0 Å². The maximum Gasteiger partial charge on any atom is 0.129 e. The molecular weight excluding hydrogens is 328 g/mol. The van der Waals surface area contributed by atoms with Crippen molar-refractivity contribution in [2.45, 2.75) is 40.2 Å². The Bertz CT molecular complexity index is 795. The van der Waals surface area contributed by atoms with E-state index in [1.807, 2.05) is 58.9 Å². The number of hydrogen-bond donors (Lipinski definition) is 1. The Balaban J connectivity index is 2.93. The molecule has 1 N–H and O–H groups in total. The molecule has 0 saturated heterocycles. The smallest absolute Gasteiger partial charge is 0.129 e. The van der Waals surface area contributed by atoms with E-state index in [0.717, 1.165) is 33.6 Å². The zero-order valence-corrected chi connectivity index (χ0v) is 17.1. The van der Waals surface area contributed by atoms with E-state index in [1.165, 1.54) is 0 Å². The third-order valence-electron chi connectivity index (χ3n) is 5.32. The summed E-state index contributed by atoms with van der Waals surface area (Å²) < 4.78 is 16.8. The number of aliphatic hydroxyl groups is 1. The summed E-state index contributed by atoms with van der Waals surface area (Å²) in [6, 6.07) is 7.56. The lowest BCUT2D eigenvalue weighted by Crippen LogP contribution is -2.35. The minimum absolute atomic E-state index is 0.103. The fraction of sp³-hybridized carbons (Fsp3) is 0.455. The van der Waals surface area contributed by atoms with E-state index in [9.17, 15) is 5.11 Å². The van der Waals surface area contributed by atoms with Crippen molar-refractivity contribution in [3.63, 3.8) is 0 Å². The van der Waals surface area contributed by atoms with Crippen LogP contribution < -0.4 is 14.2 Å². The van der Waals surface area contributed by atoms with Crippen molar-refractivity contribution < 1.29 is 19.3 Å². The summed E-state index contributed by atoms with van der Waals surface area (Å²) in [6.45, 7) is 9.97. The van der Waals surface area contributed by atoms with E-state index in [1.54, 1.807) is 21.3 Å². The van der Waals surface area contributed by atoms with Gasteiger partial charge in [0.1, 0.15) is 22.8 Å². The topological polar surface area (TPSA) is 47.9 Å². The third kappa shape index (κ3) is 3.03. The Morgan fingerprint density at radius 1 is 0.846 bits per heavy atom. The van der Waals surface area contributed by atoms with Gasteiger partial charge in [-0.15, -0.1) is 0 Å². The molecule has 0 bridgehead atoms. The fourth-order valence-corrected chi connectivity index (χ4v) is 3.74. The summed E-state index contributed by atoms with van der Waals surface area (Å²) >= 11 is 0. The summed E-state index contributed by atoms with van der Waals surface area (Å²) in [4.78, 5) is 0. The van der Waals surface area contributed by atoms with E-state index < -0.39 is 5.60 Å².